The number of carbonyl (C=O) groups is 1. The molecule has 0 saturated carbocycles. The molecule has 0 radical (unpaired) electrons. The van der Waals surface area contributed by atoms with Crippen molar-refractivity contribution in [2.75, 3.05) is 23.3 Å². The highest BCUT2D eigenvalue weighted by Gasteiger charge is 2.21. The predicted octanol–water partition coefficient (Wildman–Crippen LogP) is 3.71. The Kier molecular flexibility index (Phi) is 5.83. The number of aryl methyl sites for hydroxylation is 1. The third kappa shape index (κ3) is 4.57. The molecule has 1 amide bonds. The summed E-state index contributed by atoms with van der Waals surface area (Å²) in [7, 11) is -2.18. The summed E-state index contributed by atoms with van der Waals surface area (Å²) in [6.45, 7) is 1.68. The number of imidazole rings is 1. The summed E-state index contributed by atoms with van der Waals surface area (Å²) in [4.78, 5) is 19.7. The summed E-state index contributed by atoms with van der Waals surface area (Å²) in [5.41, 5.74) is 3.04. The molecule has 0 aliphatic rings. The van der Waals surface area contributed by atoms with Crippen molar-refractivity contribution >= 4 is 38.6 Å². The van der Waals surface area contributed by atoms with E-state index in [0.29, 0.717) is 17.4 Å². The van der Waals surface area contributed by atoms with E-state index in [0.717, 1.165) is 16.6 Å². The molecule has 4 aromatic rings. The fraction of sp³-hybridized carbons (Fsp3) is 0.130. The van der Waals surface area contributed by atoms with Crippen molar-refractivity contribution < 1.29 is 17.9 Å². The van der Waals surface area contributed by atoms with Crippen molar-refractivity contribution in [3.05, 3.63) is 78.4 Å². The van der Waals surface area contributed by atoms with E-state index < -0.39 is 10.0 Å². The summed E-state index contributed by atoms with van der Waals surface area (Å²) >= 11 is 0. The number of carbonyl (C=O) groups excluding carboxylic acids is 1. The number of aromatic nitrogens is 2. The number of sulfonamides is 1. The van der Waals surface area contributed by atoms with E-state index >= 15 is 0 Å². The van der Waals surface area contributed by atoms with Gasteiger partial charge in [0.25, 0.3) is 15.9 Å². The molecule has 0 aliphatic carbocycles. The Balaban J connectivity index is 1.36. The van der Waals surface area contributed by atoms with Crippen LogP contribution in [-0.4, -0.2) is 37.9 Å². The molecule has 8 nitrogen and oxygen atoms in total. The molecule has 0 fully saturated rings. The molecule has 32 heavy (non-hydrogen) atoms. The van der Waals surface area contributed by atoms with E-state index in [9.17, 15) is 13.2 Å². The average Bonchev–Trinajstić information content (AvgIpc) is 3.20. The molecule has 0 spiro atoms. The normalized spacial score (nSPS) is 11.3. The van der Waals surface area contributed by atoms with Gasteiger partial charge in [0, 0.05) is 7.05 Å². The monoisotopic (exact) mass is 450 g/mol. The van der Waals surface area contributed by atoms with Crippen molar-refractivity contribution in [3.63, 3.8) is 0 Å². The SMILES string of the molecule is Cc1ccc(S(=O)(=O)N(C)c2ccc(OCC(=O)Nc3nc4ccccc4[nH]3)cc2)cc1. The molecule has 4 rings (SSSR count). The maximum absolute atomic E-state index is 12.8. The second-order valence-corrected chi connectivity index (χ2v) is 9.19. The largest absolute Gasteiger partial charge is 0.484 e. The topological polar surface area (TPSA) is 104 Å². The number of ether oxygens (including phenoxy) is 1. The number of nitrogens with one attached hydrogen (secondary N) is 2. The lowest BCUT2D eigenvalue weighted by Gasteiger charge is -2.20. The summed E-state index contributed by atoms with van der Waals surface area (Å²) in [5, 5.41) is 2.66. The van der Waals surface area contributed by atoms with Crippen LogP contribution in [0, 0.1) is 6.92 Å². The van der Waals surface area contributed by atoms with Crippen LogP contribution in [0.2, 0.25) is 0 Å². The van der Waals surface area contributed by atoms with Gasteiger partial charge in [-0.2, -0.15) is 0 Å². The van der Waals surface area contributed by atoms with E-state index in [1.165, 1.54) is 11.4 Å². The van der Waals surface area contributed by atoms with Gasteiger partial charge in [0.15, 0.2) is 6.61 Å². The van der Waals surface area contributed by atoms with Crippen molar-refractivity contribution in [2.45, 2.75) is 11.8 Å². The molecule has 9 heteroatoms. The number of aromatic amines is 1. The zero-order valence-corrected chi connectivity index (χ0v) is 18.4. The first-order valence-electron chi connectivity index (χ1n) is 9.86. The van der Waals surface area contributed by atoms with E-state index in [-0.39, 0.29) is 17.4 Å². The standard InChI is InChI=1S/C23H22N4O4S/c1-16-7-13-19(14-8-16)32(29,30)27(2)17-9-11-18(12-10-17)31-15-22(28)26-23-24-20-5-3-4-6-21(20)25-23/h3-14H,15H2,1-2H3,(H2,24,25,26,28). The lowest BCUT2D eigenvalue weighted by molar-refractivity contribution is -0.118. The Hall–Kier alpha value is -3.85. The summed E-state index contributed by atoms with van der Waals surface area (Å²) < 4.78 is 32.3. The molecule has 2 N–H and O–H groups in total. The maximum atomic E-state index is 12.8. The van der Waals surface area contributed by atoms with Gasteiger partial charge in [-0.1, -0.05) is 29.8 Å². The molecule has 3 aromatic carbocycles. The maximum Gasteiger partial charge on any atom is 0.264 e. The molecule has 164 valence electrons. The van der Waals surface area contributed by atoms with E-state index in [1.807, 2.05) is 31.2 Å². The van der Waals surface area contributed by atoms with Gasteiger partial charge in [-0.25, -0.2) is 13.4 Å². The summed E-state index contributed by atoms with van der Waals surface area (Å²) in [5.74, 6) is 0.417. The fourth-order valence-corrected chi connectivity index (χ4v) is 4.28. The lowest BCUT2D eigenvalue weighted by Crippen LogP contribution is -2.26. The van der Waals surface area contributed by atoms with Crippen LogP contribution in [0.4, 0.5) is 11.6 Å². The Morgan fingerprint density at radius 3 is 2.41 bits per heavy atom. The van der Waals surface area contributed by atoms with Crippen LogP contribution < -0.4 is 14.4 Å². The van der Waals surface area contributed by atoms with E-state index in [2.05, 4.69) is 15.3 Å². The minimum atomic E-state index is -3.68. The molecule has 0 bridgehead atoms. The van der Waals surface area contributed by atoms with Crippen LogP contribution in [0.25, 0.3) is 11.0 Å². The zero-order chi connectivity index (χ0) is 22.7. The van der Waals surface area contributed by atoms with Gasteiger partial charge < -0.3 is 9.72 Å². The Morgan fingerprint density at radius 1 is 1.03 bits per heavy atom. The Bertz CT molecular complexity index is 1310. The molecular formula is C23H22N4O4S. The van der Waals surface area contributed by atoms with Gasteiger partial charge in [-0.3, -0.25) is 14.4 Å². The molecule has 1 aromatic heterocycles. The van der Waals surface area contributed by atoms with Crippen LogP contribution in [0.5, 0.6) is 5.75 Å². The number of benzene rings is 3. The molecule has 0 saturated heterocycles. The lowest BCUT2D eigenvalue weighted by atomic mass is 10.2. The van der Waals surface area contributed by atoms with E-state index in [4.69, 9.17) is 4.74 Å². The fourth-order valence-electron chi connectivity index (χ4n) is 3.09. The Morgan fingerprint density at radius 2 is 1.72 bits per heavy atom. The van der Waals surface area contributed by atoms with Crippen molar-refractivity contribution in [1.29, 1.82) is 0 Å². The summed E-state index contributed by atoms with van der Waals surface area (Å²) in [6.07, 6.45) is 0. The van der Waals surface area contributed by atoms with Gasteiger partial charge >= 0.3 is 0 Å². The number of H-pyrrole nitrogens is 1. The zero-order valence-electron chi connectivity index (χ0n) is 17.6. The first-order chi connectivity index (χ1) is 15.3. The molecular weight excluding hydrogens is 428 g/mol. The van der Waals surface area contributed by atoms with Gasteiger partial charge in [0.05, 0.1) is 21.6 Å². The van der Waals surface area contributed by atoms with Gasteiger partial charge in [-0.05, 0) is 55.5 Å². The number of para-hydroxylation sites is 2. The highest BCUT2D eigenvalue weighted by Crippen LogP contribution is 2.24. The first kappa shape index (κ1) is 21.4. The van der Waals surface area contributed by atoms with Gasteiger partial charge in [0.1, 0.15) is 5.75 Å². The number of anilines is 2. The van der Waals surface area contributed by atoms with Crippen LogP contribution in [0.1, 0.15) is 5.56 Å². The number of hydrogen-bond donors (Lipinski definition) is 2. The average molecular weight is 451 g/mol. The van der Waals surface area contributed by atoms with Crippen LogP contribution in [0.15, 0.2) is 77.7 Å². The predicted molar refractivity (Wildman–Crippen MR) is 123 cm³/mol. The number of nitrogens with zero attached hydrogens (tertiary/aromatic N) is 2. The van der Waals surface area contributed by atoms with E-state index in [1.54, 1.807) is 48.5 Å². The number of amides is 1. The number of hydrogen-bond acceptors (Lipinski definition) is 5. The number of rotatable bonds is 7. The highest BCUT2D eigenvalue weighted by atomic mass is 32.2. The minimum absolute atomic E-state index is 0.214. The molecule has 0 unspecified atom stereocenters. The smallest absolute Gasteiger partial charge is 0.264 e. The third-order valence-electron chi connectivity index (χ3n) is 4.90. The van der Waals surface area contributed by atoms with Crippen LogP contribution >= 0.6 is 0 Å². The minimum Gasteiger partial charge on any atom is -0.484 e. The third-order valence-corrected chi connectivity index (χ3v) is 6.70. The van der Waals surface area contributed by atoms with Crippen LogP contribution in [-0.2, 0) is 14.8 Å². The second-order valence-electron chi connectivity index (χ2n) is 7.22. The first-order valence-corrected chi connectivity index (χ1v) is 11.3. The number of fused-ring (bicyclic) bond motifs is 1. The Labute approximate surface area is 185 Å². The highest BCUT2D eigenvalue weighted by molar-refractivity contribution is 7.92. The summed E-state index contributed by atoms with van der Waals surface area (Å²) in [6, 6.07) is 20.6. The molecule has 0 atom stereocenters. The van der Waals surface area contributed by atoms with Gasteiger partial charge in [0.2, 0.25) is 5.95 Å². The van der Waals surface area contributed by atoms with Gasteiger partial charge in [-0.15, -0.1) is 0 Å². The van der Waals surface area contributed by atoms with Crippen LogP contribution in [0.3, 0.4) is 0 Å². The molecule has 1 heterocycles. The quantitative estimate of drug-likeness (QED) is 0.447. The second kappa shape index (κ2) is 8.72. The van der Waals surface area contributed by atoms with Crippen molar-refractivity contribution in [3.8, 4) is 5.75 Å². The van der Waals surface area contributed by atoms with Crippen molar-refractivity contribution in [1.82, 2.24) is 9.97 Å². The molecule has 0 aliphatic heterocycles. The van der Waals surface area contributed by atoms with Crippen molar-refractivity contribution in [2.24, 2.45) is 0 Å².